The second-order valence-corrected chi connectivity index (χ2v) is 5.90. The predicted molar refractivity (Wildman–Crippen MR) is 89.6 cm³/mol. The van der Waals surface area contributed by atoms with Crippen molar-refractivity contribution in [2.45, 2.75) is 26.5 Å². The molecule has 130 valence electrons. The van der Waals surface area contributed by atoms with E-state index in [1.165, 1.54) is 0 Å². The molecule has 0 spiro atoms. The molecule has 1 aliphatic rings. The third-order valence-electron chi connectivity index (χ3n) is 4.14. The van der Waals surface area contributed by atoms with Gasteiger partial charge in [0.05, 0.1) is 31.6 Å². The molecule has 8 nitrogen and oxygen atoms in total. The molecule has 0 aromatic carbocycles. The highest BCUT2D eigenvalue weighted by molar-refractivity contribution is 5.79. The summed E-state index contributed by atoms with van der Waals surface area (Å²) in [6.07, 6.45) is 3.84. The van der Waals surface area contributed by atoms with Gasteiger partial charge in [0.2, 0.25) is 5.89 Å². The molecule has 1 fully saturated rings. The van der Waals surface area contributed by atoms with Crippen molar-refractivity contribution in [1.29, 1.82) is 0 Å². The summed E-state index contributed by atoms with van der Waals surface area (Å²) >= 11 is 0. The Morgan fingerprint density at radius 1 is 1.46 bits per heavy atom. The number of aliphatic imine (C=N–C) groups is 1. The van der Waals surface area contributed by atoms with Gasteiger partial charge in [0.1, 0.15) is 11.9 Å². The van der Waals surface area contributed by atoms with Crippen molar-refractivity contribution in [3.8, 4) is 0 Å². The van der Waals surface area contributed by atoms with Gasteiger partial charge in [-0.25, -0.2) is 4.98 Å². The lowest BCUT2D eigenvalue weighted by atomic mass is 10.1. The fraction of sp³-hybridized carbons (Fsp3) is 0.562. The molecule has 1 aliphatic heterocycles. The number of ether oxygens (including phenoxy) is 1. The van der Waals surface area contributed by atoms with E-state index in [9.17, 15) is 0 Å². The molecular weight excluding hydrogens is 308 g/mol. The van der Waals surface area contributed by atoms with Gasteiger partial charge < -0.3 is 19.4 Å². The minimum absolute atomic E-state index is 0.00257. The van der Waals surface area contributed by atoms with Gasteiger partial charge in [-0.2, -0.15) is 5.10 Å². The molecule has 8 heteroatoms. The molecule has 1 unspecified atom stereocenters. The average Bonchev–Trinajstić information content (AvgIpc) is 3.14. The molecule has 0 aliphatic carbocycles. The number of nitrogens with zero attached hydrogens (tertiary/aromatic N) is 5. The van der Waals surface area contributed by atoms with Crippen molar-refractivity contribution in [2.75, 3.05) is 26.7 Å². The number of morpholine rings is 1. The monoisotopic (exact) mass is 332 g/mol. The topological polar surface area (TPSA) is 80.7 Å². The Labute approximate surface area is 141 Å². The zero-order valence-corrected chi connectivity index (χ0v) is 14.6. The van der Waals surface area contributed by atoms with Gasteiger partial charge >= 0.3 is 0 Å². The normalized spacial score (nSPS) is 18.9. The number of rotatable bonds is 3. The molecule has 24 heavy (non-hydrogen) atoms. The maximum absolute atomic E-state index is 5.88. The van der Waals surface area contributed by atoms with Crippen LogP contribution in [-0.2, 0) is 18.3 Å². The van der Waals surface area contributed by atoms with Gasteiger partial charge in [0.15, 0.2) is 5.96 Å². The first-order valence-electron chi connectivity index (χ1n) is 8.05. The summed E-state index contributed by atoms with van der Waals surface area (Å²) in [5.74, 6) is 2.34. The van der Waals surface area contributed by atoms with E-state index in [0.29, 0.717) is 19.0 Å². The highest BCUT2D eigenvalue weighted by atomic mass is 16.5. The van der Waals surface area contributed by atoms with Crippen molar-refractivity contribution in [2.24, 2.45) is 12.0 Å². The Bertz CT molecular complexity index is 700. The number of aromatic nitrogens is 3. The Balaban J connectivity index is 1.62. The second-order valence-electron chi connectivity index (χ2n) is 5.90. The lowest BCUT2D eigenvalue weighted by molar-refractivity contribution is -0.00808. The smallest absolute Gasteiger partial charge is 0.214 e. The summed E-state index contributed by atoms with van der Waals surface area (Å²) in [4.78, 5) is 10.9. The van der Waals surface area contributed by atoms with Crippen molar-refractivity contribution in [3.05, 3.63) is 35.3 Å². The minimum Gasteiger partial charge on any atom is -0.444 e. The van der Waals surface area contributed by atoms with E-state index in [1.807, 2.05) is 33.3 Å². The summed E-state index contributed by atoms with van der Waals surface area (Å²) < 4.78 is 13.3. The fourth-order valence-corrected chi connectivity index (χ4v) is 2.75. The molecule has 2 aromatic heterocycles. The van der Waals surface area contributed by atoms with Crippen LogP contribution in [0.4, 0.5) is 0 Å². The maximum atomic E-state index is 5.88. The van der Waals surface area contributed by atoms with Crippen LogP contribution < -0.4 is 5.32 Å². The molecule has 1 N–H and O–H groups in total. The number of guanidine groups is 1. The van der Waals surface area contributed by atoms with Crippen molar-refractivity contribution in [3.63, 3.8) is 0 Å². The van der Waals surface area contributed by atoms with Crippen LogP contribution in [0.5, 0.6) is 0 Å². The molecule has 1 atom stereocenters. The zero-order chi connectivity index (χ0) is 17.1. The highest BCUT2D eigenvalue weighted by Gasteiger charge is 2.25. The predicted octanol–water partition coefficient (Wildman–Crippen LogP) is 1.17. The summed E-state index contributed by atoms with van der Waals surface area (Å²) in [6.45, 7) is 6.54. The van der Waals surface area contributed by atoms with E-state index < -0.39 is 0 Å². The van der Waals surface area contributed by atoms with Crippen LogP contribution in [0.2, 0.25) is 0 Å². The van der Waals surface area contributed by atoms with Gasteiger partial charge in [-0.3, -0.25) is 9.67 Å². The lowest BCUT2D eigenvalue weighted by Gasteiger charge is -2.34. The van der Waals surface area contributed by atoms with Crippen LogP contribution in [0.15, 0.2) is 21.8 Å². The SMILES string of the molecule is CN=C(NCc1nc(C)c(C)o1)N1CCOC(c2cnn(C)c2)C1. The average molecular weight is 332 g/mol. The van der Waals surface area contributed by atoms with E-state index in [0.717, 1.165) is 36.1 Å². The van der Waals surface area contributed by atoms with Crippen LogP contribution in [0.3, 0.4) is 0 Å². The molecule has 0 saturated carbocycles. The van der Waals surface area contributed by atoms with Crippen LogP contribution in [-0.4, -0.2) is 52.4 Å². The number of oxazole rings is 1. The lowest BCUT2D eigenvalue weighted by Crippen LogP contribution is -2.47. The number of nitrogens with one attached hydrogen (secondary N) is 1. The van der Waals surface area contributed by atoms with Crippen LogP contribution in [0.1, 0.15) is 29.0 Å². The molecule has 0 bridgehead atoms. The number of hydrogen-bond donors (Lipinski definition) is 1. The van der Waals surface area contributed by atoms with Gasteiger partial charge in [0, 0.05) is 32.4 Å². The van der Waals surface area contributed by atoms with Crippen molar-refractivity contribution >= 4 is 5.96 Å². The molecule has 0 amide bonds. The number of hydrogen-bond acceptors (Lipinski definition) is 5. The Morgan fingerprint density at radius 3 is 2.92 bits per heavy atom. The van der Waals surface area contributed by atoms with Crippen LogP contribution >= 0.6 is 0 Å². The summed E-state index contributed by atoms with van der Waals surface area (Å²) in [7, 11) is 3.69. The van der Waals surface area contributed by atoms with Gasteiger partial charge in [0.25, 0.3) is 0 Å². The second kappa shape index (κ2) is 7.04. The highest BCUT2D eigenvalue weighted by Crippen LogP contribution is 2.21. The van der Waals surface area contributed by atoms with Gasteiger partial charge in [-0.15, -0.1) is 0 Å². The molecule has 2 aromatic rings. The first-order chi connectivity index (χ1) is 11.6. The zero-order valence-electron chi connectivity index (χ0n) is 14.6. The van der Waals surface area contributed by atoms with E-state index >= 15 is 0 Å². The Hall–Kier alpha value is -2.35. The Kier molecular flexibility index (Phi) is 4.84. The number of aryl methyl sites for hydroxylation is 3. The third-order valence-corrected chi connectivity index (χ3v) is 4.14. The standard InChI is InChI=1S/C16H24N6O2/c1-11-12(2)24-15(20-11)8-18-16(17-3)22-5-6-23-14(10-22)13-7-19-21(4)9-13/h7,9,14H,5-6,8,10H2,1-4H3,(H,17,18). The van der Waals surface area contributed by atoms with Gasteiger partial charge in [-0.05, 0) is 13.8 Å². The first kappa shape index (κ1) is 16.5. The molecule has 3 rings (SSSR count). The summed E-state index contributed by atoms with van der Waals surface area (Å²) in [5, 5.41) is 7.54. The molecule has 1 saturated heterocycles. The summed E-state index contributed by atoms with van der Waals surface area (Å²) in [5.41, 5.74) is 2.00. The van der Waals surface area contributed by atoms with Crippen molar-refractivity contribution < 1.29 is 9.15 Å². The van der Waals surface area contributed by atoms with E-state index in [4.69, 9.17) is 9.15 Å². The van der Waals surface area contributed by atoms with Crippen molar-refractivity contribution in [1.82, 2.24) is 25.0 Å². The fourth-order valence-electron chi connectivity index (χ4n) is 2.75. The summed E-state index contributed by atoms with van der Waals surface area (Å²) in [6, 6.07) is 0. The van der Waals surface area contributed by atoms with E-state index in [-0.39, 0.29) is 6.10 Å². The van der Waals surface area contributed by atoms with E-state index in [1.54, 1.807) is 11.7 Å². The molecular formula is C16H24N6O2. The Morgan fingerprint density at radius 2 is 2.29 bits per heavy atom. The van der Waals surface area contributed by atoms with Crippen LogP contribution in [0.25, 0.3) is 0 Å². The maximum Gasteiger partial charge on any atom is 0.214 e. The van der Waals surface area contributed by atoms with Gasteiger partial charge in [-0.1, -0.05) is 0 Å². The minimum atomic E-state index is -0.00257. The first-order valence-corrected chi connectivity index (χ1v) is 8.05. The molecule has 0 radical (unpaired) electrons. The van der Waals surface area contributed by atoms with Crippen LogP contribution in [0, 0.1) is 13.8 Å². The van der Waals surface area contributed by atoms with E-state index in [2.05, 4.69) is 25.3 Å². The largest absolute Gasteiger partial charge is 0.444 e. The quantitative estimate of drug-likeness (QED) is 0.671. The molecule has 3 heterocycles. The third kappa shape index (κ3) is 3.59.